The minimum absolute atomic E-state index is 0.0427. The minimum Gasteiger partial charge on any atom is -0.480 e. The minimum atomic E-state index is -1.01. The second-order valence-electron chi connectivity index (χ2n) is 8.38. The largest absolute Gasteiger partial charge is 0.480 e. The molecule has 2 aliphatic rings. The van der Waals surface area contributed by atoms with E-state index in [1.165, 1.54) is 17.2 Å². The Bertz CT molecular complexity index is 1210. The molecule has 172 valence electrons. The molecular formula is C26H23N3O5. The third-order valence-electron chi connectivity index (χ3n) is 6.37. The fourth-order valence-electron chi connectivity index (χ4n) is 4.76. The second kappa shape index (κ2) is 8.97. The van der Waals surface area contributed by atoms with Crippen LogP contribution in [0.3, 0.4) is 0 Å². The maximum absolute atomic E-state index is 12.6. The molecule has 1 atom stereocenters. The molecule has 8 heteroatoms. The van der Waals surface area contributed by atoms with Crippen molar-refractivity contribution in [3.8, 4) is 11.1 Å². The predicted molar refractivity (Wildman–Crippen MR) is 125 cm³/mol. The molecule has 0 spiro atoms. The summed E-state index contributed by atoms with van der Waals surface area (Å²) in [4.78, 5) is 41.8. The fourth-order valence-corrected chi connectivity index (χ4v) is 4.76. The van der Waals surface area contributed by atoms with E-state index in [9.17, 15) is 19.5 Å². The number of nitrogens with one attached hydrogen (secondary N) is 1. The number of carboxylic acid groups (broad SMARTS) is 1. The molecule has 0 radical (unpaired) electrons. The lowest BCUT2D eigenvalue weighted by atomic mass is 9.98. The van der Waals surface area contributed by atoms with Gasteiger partial charge in [-0.3, -0.25) is 10.1 Å². The summed E-state index contributed by atoms with van der Waals surface area (Å²) in [6.07, 6.45) is 1.82. The summed E-state index contributed by atoms with van der Waals surface area (Å²) in [6.45, 7) is 0.576. The predicted octanol–water partition coefficient (Wildman–Crippen LogP) is 4.13. The highest BCUT2D eigenvalue weighted by Gasteiger charge is 2.35. The van der Waals surface area contributed by atoms with Crippen LogP contribution < -0.4 is 5.32 Å². The van der Waals surface area contributed by atoms with Gasteiger partial charge in [0.1, 0.15) is 18.3 Å². The lowest BCUT2D eigenvalue weighted by Crippen LogP contribution is -2.40. The highest BCUT2D eigenvalue weighted by atomic mass is 16.5. The number of hydrogen-bond acceptors (Lipinski definition) is 5. The van der Waals surface area contributed by atoms with Crippen molar-refractivity contribution < 1.29 is 24.2 Å². The highest BCUT2D eigenvalue weighted by Crippen LogP contribution is 2.44. The lowest BCUT2D eigenvalue weighted by Gasteiger charge is -2.20. The van der Waals surface area contributed by atoms with E-state index in [0.29, 0.717) is 25.1 Å². The first-order valence-corrected chi connectivity index (χ1v) is 11.1. The molecule has 2 amide bonds. The van der Waals surface area contributed by atoms with Crippen molar-refractivity contribution in [2.24, 2.45) is 0 Å². The van der Waals surface area contributed by atoms with Crippen LogP contribution in [0.4, 0.5) is 10.5 Å². The van der Waals surface area contributed by atoms with Crippen molar-refractivity contribution in [2.75, 3.05) is 18.5 Å². The quantitative estimate of drug-likeness (QED) is 0.596. The molecular weight excluding hydrogens is 434 g/mol. The van der Waals surface area contributed by atoms with Crippen molar-refractivity contribution in [2.45, 2.75) is 24.8 Å². The number of carboxylic acids is 1. The van der Waals surface area contributed by atoms with E-state index in [4.69, 9.17) is 4.74 Å². The van der Waals surface area contributed by atoms with Crippen LogP contribution in [-0.2, 0) is 9.53 Å². The van der Waals surface area contributed by atoms with E-state index in [1.54, 1.807) is 6.07 Å². The maximum atomic E-state index is 12.6. The lowest BCUT2D eigenvalue weighted by molar-refractivity contribution is -0.141. The smallest absolute Gasteiger partial charge is 0.411 e. The first-order valence-electron chi connectivity index (χ1n) is 11.1. The van der Waals surface area contributed by atoms with E-state index in [-0.39, 0.29) is 18.2 Å². The SMILES string of the molecule is O=C(Nc1ccc(C(=O)N2CCC[C@H]2C(=O)O)nc1)OCC1c2ccccc2-c2ccccc21. The van der Waals surface area contributed by atoms with E-state index in [0.717, 1.165) is 22.3 Å². The van der Waals surface area contributed by atoms with Crippen molar-refractivity contribution in [1.82, 2.24) is 9.88 Å². The summed E-state index contributed by atoms with van der Waals surface area (Å²) in [5, 5.41) is 11.9. The van der Waals surface area contributed by atoms with Crippen molar-refractivity contribution in [1.29, 1.82) is 0 Å². The van der Waals surface area contributed by atoms with Gasteiger partial charge in [-0.25, -0.2) is 14.6 Å². The summed E-state index contributed by atoms with van der Waals surface area (Å²) in [7, 11) is 0. The highest BCUT2D eigenvalue weighted by molar-refractivity contribution is 5.96. The summed E-state index contributed by atoms with van der Waals surface area (Å²) < 4.78 is 5.52. The number of rotatable bonds is 5. The van der Waals surface area contributed by atoms with E-state index < -0.39 is 24.0 Å². The Morgan fingerprint density at radius 2 is 1.68 bits per heavy atom. The Hall–Kier alpha value is -4.20. The van der Waals surface area contributed by atoms with Gasteiger partial charge in [0.2, 0.25) is 0 Å². The summed E-state index contributed by atoms with van der Waals surface area (Å²) >= 11 is 0. The van der Waals surface area contributed by atoms with Gasteiger partial charge in [0, 0.05) is 12.5 Å². The molecule has 1 aliphatic carbocycles. The third-order valence-corrected chi connectivity index (χ3v) is 6.37. The molecule has 34 heavy (non-hydrogen) atoms. The van der Waals surface area contributed by atoms with Crippen molar-refractivity contribution >= 4 is 23.7 Å². The molecule has 0 bridgehead atoms. The van der Waals surface area contributed by atoms with Gasteiger partial charge in [0.15, 0.2) is 0 Å². The van der Waals surface area contributed by atoms with Crippen LogP contribution in [0.5, 0.6) is 0 Å². The van der Waals surface area contributed by atoms with Crippen LogP contribution in [0.2, 0.25) is 0 Å². The van der Waals surface area contributed by atoms with Gasteiger partial charge >= 0.3 is 12.1 Å². The number of fused-ring (bicyclic) bond motifs is 3. The van der Waals surface area contributed by atoms with Gasteiger partial charge in [0.05, 0.1) is 11.9 Å². The average Bonchev–Trinajstić information content (AvgIpc) is 3.46. The van der Waals surface area contributed by atoms with Gasteiger partial charge in [0.25, 0.3) is 5.91 Å². The van der Waals surface area contributed by atoms with Gasteiger partial charge in [-0.15, -0.1) is 0 Å². The number of aliphatic carboxylic acids is 1. The molecule has 3 aromatic rings. The Kier molecular flexibility index (Phi) is 5.71. The van der Waals surface area contributed by atoms with Gasteiger partial charge in [-0.05, 0) is 47.2 Å². The zero-order valence-corrected chi connectivity index (χ0v) is 18.3. The summed E-state index contributed by atoms with van der Waals surface area (Å²) in [5.74, 6) is -1.49. The number of likely N-dealkylation sites (tertiary alicyclic amines) is 1. The van der Waals surface area contributed by atoms with Crippen molar-refractivity contribution in [3.05, 3.63) is 83.7 Å². The number of carbonyl (C=O) groups is 3. The number of carbonyl (C=O) groups excluding carboxylic acids is 2. The summed E-state index contributed by atoms with van der Waals surface area (Å²) in [6, 6.07) is 18.4. The summed E-state index contributed by atoms with van der Waals surface area (Å²) in [5.41, 5.74) is 5.07. The number of ether oxygens (including phenoxy) is 1. The van der Waals surface area contributed by atoms with E-state index in [1.807, 2.05) is 24.3 Å². The van der Waals surface area contributed by atoms with Crippen LogP contribution in [0.15, 0.2) is 66.9 Å². The zero-order valence-electron chi connectivity index (χ0n) is 18.3. The first kappa shape index (κ1) is 21.6. The Labute approximate surface area is 196 Å². The number of pyridine rings is 1. The van der Waals surface area contributed by atoms with E-state index in [2.05, 4.69) is 34.6 Å². The molecule has 2 aromatic carbocycles. The van der Waals surface area contributed by atoms with Crippen LogP contribution in [0, 0.1) is 0 Å². The number of aromatic nitrogens is 1. The number of nitrogens with zero attached hydrogens (tertiary/aromatic N) is 2. The Morgan fingerprint density at radius 3 is 2.29 bits per heavy atom. The third kappa shape index (κ3) is 3.98. The normalized spacial score (nSPS) is 16.6. The molecule has 1 saturated heterocycles. The fraction of sp³-hybridized carbons (Fsp3) is 0.231. The average molecular weight is 457 g/mol. The number of anilines is 1. The Morgan fingerprint density at radius 1 is 1.00 bits per heavy atom. The second-order valence-corrected chi connectivity index (χ2v) is 8.38. The molecule has 1 aliphatic heterocycles. The van der Waals surface area contributed by atoms with Gasteiger partial charge in [-0.2, -0.15) is 0 Å². The van der Waals surface area contributed by atoms with E-state index >= 15 is 0 Å². The number of hydrogen-bond donors (Lipinski definition) is 2. The van der Waals surface area contributed by atoms with Gasteiger partial charge in [-0.1, -0.05) is 48.5 Å². The molecule has 2 N–H and O–H groups in total. The Balaban J connectivity index is 1.21. The van der Waals surface area contributed by atoms with Crippen LogP contribution in [0.1, 0.15) is 40.4 Å². The molecule has 1 fully saturated rings. The molecule has 0 unspecified atom stereocenters. The topological polar surface area (TPSA) is 109 Å². The first-order chi connectivity index (χ1) is 16.5. The number of amides is 2. The van der Waals surface area contributed by atoms with Crippen LogP contribution >= 0.6 is 0 Å². The monoisotopic (exact) mass is 457 g/mol. The molecule has 2 heterocycles. The molecule has 8 nitrogen and oxygen atoms in total. The van der Waals surface area contributed by atoms with Gasteiger partial charge < -0.3 is 14.7 Å². The van der Waals surface area contributed by atoms with Crippen molar-refractivity contribution in [3.63, 3.8) is 0 Å². The number of benzene rings is 2. The zero-order chi connectivity index (χ0) is 23.7. The standard InChI is InChI=1S/C26H23N3O5/c30-24(29-13-5-10-23(29)25(31)32)22-12-11-16(14-27-22)28-26(33)34-15-21-19-8-3-1-6-17(19)18-7-2-4-9-20(18)21/h1-4,6-9,11-12,14,21,23H,5,10,13,15H2,(H,28,33)(H,31,32)/t23-/m0/s1. The van der Waals surface area contributed by atoms with Crippen LogP contribution in [-0.4, -0.2) is 52.2 Å². The molecule has 5 rings (SSSR count). The van der Waals surface area contributed by atoms with Crippen LogP contribution in [0.25, 0.3) is 11.1 Å². The maximum Gasteiger partial charge on any atom is 0.411 e. The molecule has 0 saturated carbocycles. The molecule has 1 aromatic heterocycles.